The van der Waals surface area contributed by atoms with Gasteiger partial charge in [0.2, 0.25) is 5.78 Å². The Morgan fingerprint density at radius 3 is 2.25 bits per heavy atom. The van der Waals surface area contributed by atoms with Crippen LogP contribution in [0.15, 0.2) is 10.6 Å². The van der Waals surface area contributed by atoms with Gasteiger partial charge in [-0.1, -0.05) is 0 Å². The van der Waals surface area contributed by atoms with Crippen LogP contribution in [0.4, 0.5) is 0 Å². The number of esters is 1. The summed E-state index contributed by atoms with van der Waals surface area (Å²) in [7, 11) is 0.987. The van der Waals surface area contributed by atoms with Crippen LogP contribution < -0.4 is 0 Å². The van der Waals surface area contributed by atoms with Crippen molar-refractivity contribution in [2.75, 3.05) is 7.11 Å². The van der Waals surface area contributed by atoms with Crippen molar-refractivity contribution >= 4 is 33.5 Å². The first-order valence-corrected chi connectivity index (χ1v) is 5.95. The molecule has 104 valence electrons. The van der Waals surface area contributed by atoms with Crippen molar-refractivity contribution in [3.05, 3.63) is 27.2 Å². The molecule has 0 aromatic heterocycles. The van der Waals surface area contributed by atoms with Crippen LogP contribution in [0.5, 0.6) is 17.2 Å². The fourth-order valence-corrected chi connectivity index (χ4v) is 2.25. The Morgan fingerprint density at radius 1 is 1.10 bits per heavy atom. The molecule has 1 aromatic carbocycles. The van der Waals surface area contributed by atoms with Crippen LogP contribution in [-0.2, 0) is 4.74 Å². The number of allylic oxidation sites excluding steroid dienone is 2. The highest BCUT2D eigenvalue weighted by molar-refractivity contribution is 9.12. The molecule has 0 amide bonds. The van der Waals surface area contributed by atoms with Crippen LogP contribution in [-0.4, -0.2) is 40.0 Å². The van der Waals surface area contributed by atoms with Crippen molar-refractivity contribution < 1.29 is 34.4 Å². The molecule has 1 aliphatic rings. The van der Waals surface area contributed by atoms with Crippen LogP contribution in [0.1, 0.15) is 31.1 Å². The first-order chi connectivity index (χ1) is 9.31. The zero-order valence-electron chi connectivity index (χ0n) is 9.93. The van der Waals surface area contributed by atoms with E-state index in [2.05, 4.69) is 20.7 Å². The smallest absolute Gasteiger partial charge is 0.345 e. The van der Waals surface area contributed by atoms with Gasteiger partial charge in [0.1, 0.15) is 11.3 Å². The summed E-state index contributed by atoms with van der Waals surface area (Å²) in [5.74, 6) is -5.69. The second kappa shape index (κ2) is 4.64. The topological polar surface area (TPSA) is 121 Å². The zero-order valence-corrected chi connectivity index (χ0v) is 11.5. The van der Waals surface area contributed by atoms with Crippen LogP contribution in [0, 0.1) is 0 Å². The third-order valence-electron chi connectivity index (χ3n) is 2.76. The highest BCUT2D eigenvalue weighted by Crippen LogP contribution is 2.45. The first-order valence-electron chi connectivity index (χ1n) is 5.16. The Hall–Kier alpha value is -2.35. The number of fused-ring (bicyclic) bond motifs is 1. The Balaban J connectivity index is 2.91. The molecule has 0 saturated carbocycles. The number of benzene rings is 1. The number of aromatic hydroxyl groups is 3. The van der Waals surface area contributed by atoms with Crippen molar-refractivity contribution in [3.63, 3.8) is 0 Å². The Kier molecular flexibility index (Phi) is 3.26. The number of phenols is 3. The summed E-state index contributed by atoms with van der Waals surface area (Å²) in [4.78, 5) is 35.2. The van der Waals surface area contributed by atoms with Crippen LogP contribution in [0.2, 0.25) is 0 Å². The monoisotopic (exact) mass is 342 g/mol. The van der Waals surface area contributed by atoms with E-state index in [1.165, 1.54) is 0 Å². The highest BCUT2D eigenvalue weighted by atomic mass is 79.9. The van der Waals surface area contributed by atoms with Crippen LogP contribution in [0.3, 0.4) is 0 Å². The van der Waals surface area contributed by atoms with E-state index in [1.54, 1.807) is 0 Å². The molecule has 1 aromatic rings. The van der Waals surface area contributed by atoms with Crippen LogP contribution in [0.25, 0.3) is 0 Å². The van der Waals surface area contributed by atoms with E-state index in [-0.39, 0.29) is 4.48 Å². The molecular formula is C12H7BrO7. The zero-order chi connectivity index (χ0) is 15.2. The normalized spacial score (nSPS) is 13.8. The van der Waals surface area contributed by atoms with Crippen LogP contribution >= 0.6 is 15.9 Å². The number of hydrogen-bond acceptors (Lipinski definition) is 7. The van der Waals surface area contributed by atoms with E-state index in [0.717, 1.165) is 13.2 Å². The second-order valence-corrected chi connectivity index (χ2v) is 4.70. The minimum Gasteiger partial charge on any atom is -0.506 e. The molecule has 0 spiro atoms. The molecular weight excluding hydrogens is 336 g/mol. The van der Waals surface area contributed by atoms with E-state index in [0.29, 0.717) is 0 Å². The van der Waals surface area contributed by atoms with Gasteiger partial charge < -0.3 is 20.1 Å². The molecule has 0 radical (unpaired) electrons. The number of methoxy groups -OCH3 is 1. The standard InChI is InChI=1S/C12H7BrO7/c1-20-12(19)7-9(16)6-5(10(17)11(7)18)4(14)2-3(13)8(6)15/h2,16-18H,1H3. The van der Waals surface area contributed by atoms with Crippen molar-refractivity contribution in [1.82, 2.24) is 0 Å². The number of rotatable bonds is 1. The summed E-state index contributed by atoms with van der Waals surface area (Å²) in [6.45, 7) is 0. The maximum absolute atomic E-state index is 11.9. The van der Waals surface area contributed by atoms with Crippen molar-refractivity contribution in [2.24, 2.45) is 0 Å². The molecule has 0 unspecified atom stereocenters. The number of carbonyl (C=O) groups excluding carboxylic acids is 3. The minimum atomic E-state index is -1.16. The third kappa shape index (κ3) is 1.76. The SMILES string of the molecule is COC(=O)c1c(O)c(O)c2c(c1O)C(=O)C(Br)=CC2=O. The average Bonchev–Trinajstić information content (AvgIpc) is 2.40. The number of ketones is 2. The summed E-state index contributed by atoms with van der Waals surface area (Å²) in [6.07, 6.45) is 0.890. The average molecular weight is 343 g/mol. The summed E-state index contributed by atoms with van der Waals surface area (Å²) in [5, 5.41) is 29.4. The van der Waals surface area contributed by atoms with Gasteiger partial charge in [-0.15, -0.1) is 0 Å². The lowest BCUT2D eigenvalue weighted by molar-refractivity contribution is 0.0592. The van der Waals surface area contributed by atoms with Gasteiger partial charge in [0.15, 0.2) is 17.3 Å². The lowest BCUT2D eigenvalue weighted by Crippen LogP contribution is -2.17. The predicted octanol–water partition coefficient (Wildman–Crippen LogP) is 1.25. The minimum absolute atomic E-state index is 0.147. The molecule has 0 bridgehead atoms. The van der Waals surface area contributed by atoms with E-state index >= 15 is 0 Å². The van der Waals surface area contributed by atoms with Crippen molar-refractivity contribution in [2.45, 2.75) is 0 Å². The van der Waals surface area contributed by atoms with Gasteiger partial charge in [-0.2, -0.15) is 0 Å². The Morgan fingerprint density at radius 2 is 1.70 bits per heavy atom. The first kappa shape index (κ1) is 14.1. The molecule has 20 heavy (non-hydrogen) atoms. The Bertz CT molecular complexity index is 702. The van der Waals surface area contributed by atoms with Crippen molar-refractivity contribution in [3.8, 4) is 17.2 Å². The summed E-state index contributed by atoms with van der Waals surface area (Å²) in [6, 6.07) is 0. The summed E-state index contributed by atoms with van der Waals surface area (Å²) in [5.41, 5.74) is -1.92. The van der Waals surface area contributed by atoms with Gasteiger partial charge >= 0.3 is 5.97 Å². The maximum atomic E-state index is 11.9. The lowest BCUT2D eigenvalue weighted by atomic mass is 9.90. The largest absolute Gasteiger partial charge is 0.506 e. The molecule has 1 aliphatic carbocycles. The second-order valence-electron chi connectivity index (χ2n) is 3.85. The molecule has 7 nitrogen and oxygen atoms in total. The fourth-order valence-electron chi connectivity index (χ4n) is 1.84. The van der Waals surface area contributed by atoms with Crippen molar-refractivity contribution in [1.29, 1.82) is 0 Å². The molecule has 3 N–H and O–H groups in total. The molecule has 0 fully saturated rings. The highest BCUT2D eigenvalue weighted by Gasteiger charge is 2.36. The van der Waals surface area contributed by atoms with E-state index in [9.17, 15) is 29.7 Å². The number of hydrogen-bond donors (Lipinski definition) is 3. The number of phenolic OH excluding ortho intramolecular Hbond substituents is 3. The van der Waals surface area contributed by atoms with E-state index in [1.807, 2.05) is 0 Å². The van der Waals surface area contributed by atoms with Gasteiger partial charge in [-0.3, -0.25) is 9.59 Å². The lowest BCUT2D eigenvalue weighted by Gasteiger charge is -2.18. The quantitative estimate of drug-likeness (QED) is 0.399. The fraction of sp³-hybridized carbons (Fsp3) is 0.0833. The number of halogens is 1. The number of ether oxygens (including phenoxy) is 1. The number of Topliss-reactive ketones (excluding diaryl/α,β-unsaturated/α-hetero) is 1. The molecule has 2 rings (SSSR count). The van der Waals surface area contributed by atoms with Gasteiger partial charge in [-0.05, 0) is 15.9 Å². The van der Waals surface area contributed by atoms with Gasteiger partial charge in [0, 0.05) is 6.08 Å². The molecule has 0 atom stereocenters. The molecule has 0 aliphatic heterocycles. The van der Waals surface area contributed by atoms with Gasteiger partial charge in [0.05, 0.1) is 22.7 Å². The van der Waals surface area contributed by atoms with E-state index < -0.39 is 51.5 Å². The summed E-state index contributed by atoms with van der Waals surface area (Å²) < 4.78 is 4.19. The Labute approximate surface area is 120 Å². The molecule has 0 heterocycles. The third-order valence-corrected chi connectivity index (χ3v) is 3.35. The summed E-state index contributed by atoms with van der Waals surface area (Å²) >= 11 is 2.84. The van der Waals surface area contributed by atoms with E-state index in [4.69, 9.17) is 0 Å². The van der Waals surface area contributed by atoms with Gasteiger partial charge in [0.25, 0.3) is 0 Å². The predicted molar refractivity (Wildman–Crippen MR) is 68.4 cm³/mol. The number of carbonyl (C=O) groups is 3. The molecule has 0 saturated heterocycles. The molecule has 8 heteroatoms. The maximum Gasteiger partial charge on any atom is 0.345 e. The van der Waals surface area contributed by atoms with Gasteiger partial charge in [-0.25, -0.2) is 4.79 Å².